The first kappa shape index (κ1) is 13.9. The highest BCUT2D eigenvalue weighted by atomic mass is 16.5. The minimum Gasteiger partial charge on any atom is -0.496 e. The summed E-state index contributed by atoms with van der Waals surface area (Å²) in [6.45, 7) is 0. The smallest absolute Gasteiger partial charge is 0.127 e. The Morgan fingerprint density at radius 3 is 2.37 bits per heavy atom. The van der Waals surface area contributed by atoms with Gasteiger partial charge in [0, 0.05) is 6.04 Å². The van der Waals surface area contributed by atoms with Gasteiger partial charge in [-0.1, -0.05) is 17.7 Å². The summed E-state index contributed by atoms with van der Waals surface area (Å²) in [4.78, 5) is 0. The van der Waals surface area contributed by atoms with E-state index in [4.69, 9.17) is 15.2 Å². The molecule has 0 amide bonds. The number of methoxy groups -OCH3 is 2. The van der Waals surface area contributed by atoms with Gasteiger partial charge in [-0.15, -0.1) is 0 Å². The van der Waals surface area contributed by atoms with Gasteiger partial charge in [0.15, 0.2) is 0 Å². The number of benzene rings is 1. The predicted molar refractivity (Wildman–Crippen MR) is 77.6 cm³/mol. The van der Waals surface area contributed by atoms with Crippen LogP contribution in [-0.2, 0) is 0 Å². The molecule has 1 aromatic rings. The third-order valence-electron chi connectivity index (χ3n) is 3.70. The second-order valence-corrected chi connectivity index (χ2v) is 4.99. The number of hydrogen-bond donors (Lipinski definition) is 1. The molecule has 0 saturated heterocycles. The molecule has 1 unspecified atom stereocenters. The third-order valence-corrected chi connectivity index (χ3v) is 3.70. The van der Waals surface area contributed by atoms with E-state index in [-0.39, 0.29) is 6.04 Å². The molecular formula is C16H23NO2. The van der Waals surface area contributed by atoms with Crippen LogP contribution in [0.2, 0.25) is 0 Å². The average molecular weight is 261 g/mol. The van der Waals surface area contributed by atoms with Crippen LogP contribution < -0.4 is 15.2 Å². The molecule has 104 valence electrons. The van der Waals surface area contributed by atoms with E-state index in [2.05, 4.69) is 6.08 Å². The highest BCUT2D eigenvalue weighted by molar-refractivity contribution is 5.47. The summed E-state index contributed by atoms with van der Waals surface area (Å²) in [6, 6.07) is 5.73. The van der Waals surface area contributed by atoms with Gasteiger partial charge < -0.3 is 15.2 Å². The molecule has 0 spiro atoms. The molecule has 19 heavy (non-hydrogen) atoms. The highest BCUT2D eigenvalue weighted by Gasteiger charge is 2.19. The van der Waals surface area contributed by atoms with Crippen LogP contribution in [0.25, 0.3) is 0 Å². The maximum absolute atomic E-state index is 6.38. The zero-order chi connectivity index (χ0) is 13.7. The molecule has 1 atom stereocenters. The largest absolute Gasteiger partial charge is 0.496 e. The van der Waals surface area contributed by atoms with E-state index >= 15 is 0 Å². The van der Waals surface area contributed by atoms with Crippen molar-refractivity contribution < 1.29 is 9.47 Å². The quantitative estimate of drug-likeness (QED) is 0.824. The Hall–Kier alpha value is -1.48. The van der Waals surface area contributed by atoms with Crippen molar-refractivity contribution in [1.29, 1.82) is 0 Å². The molecule has 2 rings (SSSR count). The fourth-order valence-electron chi connectivity index (χ4n) is 2.72. The molecule has 0 saturated carbocycles. The zero-order valence-electron chi connectivity index (χ0n) is 11.8. The van der Waals surface area contributed by atoms with E-state index in [9.17, 15) is 0 Å². The third kappa shape index (κ3) is 3.29. The first-order valence-corrected chi connectivity index (χ1v) is 6.90. The van der Waals surface area contributed by atoms with E-state index in [1.165, 1.54) is 31.3 Å². The van der Waals surface area contributed by atoms with Crippen LogP contribution >= 0.6 is 0 Å². The van der Waals surface area contributed by atoms with Gasteiger partial charge in [-0.05, 0) is 44.2 Å². The Morgan fingerprint density at radius 2 is 1.84 bits per heavy atom. The van der Waals surface area contributed by atoms with Crippen molar-refractivity contribution in [2.24, 2.45) is 5.73 Å². The lowest BCUT2D eigenvalue weighted by Gasteiger charge is -2.21. The molecule has 0 bridgehead atoms. The van der Waals surface area contributed by atoms with Crippen LogP contribution in [0, 0.1) is 0 Å². The summed E-state index contributed by atoms with van der Waals surface area (Å²) < 4.78 is 10.8. The van der Waals surface area contributed by atoms with Gasteiger partial charge in [-0.2, -0.15) is 0 Å². The van der Waals surface area contributed by atoms with E-state index in [1.54, 1.807) is 14.2 Å². The molecule has 0 fully saturated rings. The molecule has 2 N–H and O–H groups in total. The van der Waals surface area contributed by atoms with Crippen LogP contribution in [0.3, 0.4) is 0 Å². The summed E-state index contributed by atoms with van der Waals surface area (Å²) in [5.41, 5.74) is 8.81. The SMILES string of the molecule is COc1cccc(OC)c1C(N)CC1=CCCCC1. The molecule has 0 radical (unpaired) electrons. The topological polar surface area (TPSA) is 44.5 Å². The Morgan fingerprint density at radius 1 is 1.16 bits per heavy atom. The van der Waals surface area contributed by atoms with E-state index in [1.807, 2.05) is 18.2 Å². The second kappa shape index (κ2) is 6.62. The maximum atomic E-state index is 6.38. The number of ether oxygens (including phenoxy) is 2. The summed E-state index contributed by atoms with van der Waals surface area (Å²) in [5, 5.41) is 0. The number of nitrogens with two attached hydrogens (primary N) is 1. The zero-order valence-corrected chi connectivity index (χ0v) is 11.8. The number of allylic oxidation sites excluding steroid dienone is 1. The Labute approximate surface area is 115 Å². The van der Waals surface area contributed by atoms with Crippen molar-refractivity contribution >= 4 is 0 Å². The van der Waals surface area contributed by atoms with E-state index < -0.39 is 0 Å². The predicted octanol–water partition coefficient (Wildman–Crippen LogP) is 3.59. The average Bonchev–Trinajstić information content (AvgIpc) is 2.47. The lowest BCUT2D eigenvalue weighted by Crippen LogP contribution is -2.14. The van der Waals surface area contributed by atoms with E-state index in [0.29, 0.717) is 0 Å². The number of rotatable bonds is 5. The van der Waals surface area contributed by atoms with E-state index in [0.717, 1.165) is 23.5 Å². The Kier molecular flexibility index (Phi) is 4.86. The summed E-state index contributed by atoms with van der Waals surface area (Å²) in [7, 11) is 3.34. The van der Waals surface area contributed by atoms with Crippen molar-refractivity contribution in [2.45, 2.75) is 38.1 Å². The summed E-state index contributed by atoms with van der Waals surface area (Å²) in [5.74, 6) is 1.62. The fraction of sp³-hybridized carbons (Fsp3) is 0.500. The Balaban J connectivity index is 2.21. The molecule has 1 aliphatic carbocycles. The second-order valence-electron chi connectivity index (χ2n) is 4.99. The lowest BCUT2D eigenvalue weighted by molar-refractivity contribution is 0.378. The van der Waals surface area contributed by atoms with Crippen molar-refractivity contribution in [3.05, 3.63) is 35.4 Å². The minimum atomic E-state index is -0.0737. The lowest BCUT2D eigenvalue weighted by atomic mass is 9.91. The normalized spacial score (nSPS) is 16.7. The first-order valence-electron chi connectivity index (χ1n) is 6.90. The minimum absolute atomic E-state index is 0.0737. The molecule has 0 heterocycles. The van der Waals surface area contributed by atoms with Crippen molar-refractivity contribution in [3.8, 4) is 11.5 Å². The van der Waals surface area contributed by atoms with Gasteiger partial charge in [-0.25, -0.2) is 0 Å². The molecule has 3 nitrogen and oxygen atoms in total. The molecular weight excluding hydrogens is 238 g/mol. The monoisotopic (exact) mass is 261 g/mol. The van der Waals surface area contributed by atoms with Crippen molar-refractivity contribution in [3.63, 3.8) is 0 Å². The molecule has 0 aliphatic heterocycles. The van der Waals surface area contributed by atoms with Crippen molar-refractivity contribution in [2.75, 3.05) is 14.2 Å². The summed E-state index contributed by atoms with van der Waals surface area (Å²) >= 11 is 0. The summed E-state index contributed by atoms with van der Waals surface area (Å²) in [6.07, 6.45) is 8.16. The van der Waals surface area contributed by atoms with Crippen LogP contribution in [0.5, 0.6) is 11.5 Å². The molecule has 1 aliphatic rings. The van der Waals surface area contributed by atoms with Crippen LogP contribution in [0.4, 0.5) is 0 Å². The first-order chi connectivity index (χ1) is 9.26. The van der Waals surface area contributed by atoms with Crippen molar-refractivity contribution in [1.82, 2.24) is 0 Å². The van der Waals surface area contributed by atoms with Gasteiger partial charge in [0.25, 0.3) is 0 Å². The number of hydrogen-bond acceptors (Lipinski definition) is 3. The Bertz CT molecular complexity index is 432. The van der Waals surface area contributed by atoms with Crippen LogP contribution in [-0.4, -0.2) is 14.2 Å². The van der Waals surface area contributed by atoms with Gasteiger partial charge in [0.2, 0.25) is 0 Å². The van der Waals surface area contributed by atoms with Gasteiger partial charge in [-0.3, -0.25) is 0 Å². The van der Waals surface area contributed by atoms with Gasteiger partial charge in [0.05, 0.1) is 19.8 Å². The highest BCUT2D eigenvalue weighted by Crippen LogP contribution is 2.36. The fourth-order valence-corrected chi connectivity index (χ4v) is 2.72. The maximum Gasteiger partial charge on any atom is 0.127 e. The van der Waals surface area contributed by atoms with Gasteiger partial charge in [0.1, 0.15) is 11.5 Å². The molecule has 3 heteroatoms. The van der Waals surface area contributed by atoms with Crippen LogP contribution in [0.15, 0.2) is 29.8 Å². The van der Waals surface area contributed by atoms with Crippen LogP contribution in [0.1, 0.15) is 43.7 Å². The molecule has 0 aromatic heterocycles. The van der Waals surface area contributed by atoms with Gasteiger partial charge >= 0.3 is 0 Å². The standard InChI is InChI=1S/C16H23NO2/c1-18-14-9-6-10-15(19-2)16(14)13(17)11-12-7-4-3-5-8-12/h6-7,9-10,13H,3-5,8,11,17H2,1-2H3. The molecule has 1 aromatic carbocycles.